The van der Waals surface area contributed by atoms with Crippen LogP contribution in [-0.2, 0) is 0 Å². The maximum Gasteiger partial charge on any atom is -0.147 e. The van der Waals surface area contributed by atoms with E-state index in [4.69, 9.17) is 0 Å². The summed E-state index contributed by atoms with van der Waals surface area (Å²) in [5.41, 5.74) is 2.80. The molecule has 0 bridgehead atoms. The summed E-state index contributed by atoms with van der Waals surface area (Å²) in [4.78, 5) is 5.11. The largest absolute Gasteiger partial charge is 0.147 e. The number of anilines is 2. The minimum Gasteiger partial charge on any atom is -0.147 e. The molecule has 2 heterocycles. The molecule has 1 unspecified atom stereocenters. The Morgan fingerprint density at radius 3 is 2.19 bits per heavy atom. The summed E-state index contributed by atoms with van der Waals surface area (Å²) < 4.78 is 5.31. The summed E-state index contributed by atoms with van der Waals surface area (Å²) in [5, 5.41) is 0. The molecule has 0 aliphatic carbocycles. The van der Waals surface area contributed by atoms with Gasteiger partial charge in [0.25, 0.3) is 0 Å². The molecular weight excluding hydrogens is 542 g/mol. The Kier molecular flexibility index (Phi) is 7.15. The van der Waals surface area contributed by atoms with Crippen LogP contribution in [0.4, 0.5) is 11.4 Å². The smallest absolute Gasteiger partial charge is 0.147 e. The molecule has 1 atom stereocenters. The minimum atomic E-state index is 0. The van der Waals surface area contributed by atoms with Crippen molar-refractivity contribution in [2.24, 2.45) is 0 Å². The third-order valence-electron chi connectivity index (χ3n) is 5.25. The average molecular weight is 566 g/mol. The number of benzene rings is 2. The van der Waals surface area contributed by atoms with Crippen molar-refractivity contribution < 1.29 is 0 Å². The van der Waals surface area contributed by atoms with Crippen molar-refractivity contribution in [3.05, 3.63) is 45.3 Å². The molecule has 6 heteroatoms. The normalized spacial score (nSPS) is 19.5. The van der Waals surface area contributed by atoms with Gasteiger partial charge >= 0.3 is 174 Å². The topological polar surface area (TPSA) is 6.48 Å². The van der Waals surface area contributed by atoms with Crippen LogP contribution in [0.5, 0.6) is 0 Å². The summed E-state index contributed by atoms with van der Waals surface area (Å²) in [5.74, 6) is 0. The molecule has 2 aliphatic rings. The van der Waals surface area contributed by atoms with Crippen molar-refractivity contribution in [3.8, 4) is 0 Å². The Balaban J connectivity index is 0.00000196. The molecule has 4 rings (SSSR count). The van der Waals surface area contributed by atoms with E-state index in [9.17, 15) is 0 Å². The van der Waals surface area contributed by atoms with Gasteiger partial charge in [0.1, 0.15) is 0 Å². The van der Waals surface area contributed by atoms with Crippen molar-refractivity contribution in [3.63, 3.8) is 0 Å². The van der Waals surface area contributed by atoms with E-state index in [1.165, 1.54) is 61.5 Å². The second-order valence-electron chi connectivity index (χ2n) is 6.90. The van der Waals surface area contributed by atoms with Crippen molar-refractivity contribution >= 4 is 79.5 Å². The average Bonchev–Trinajstić information content (AvgIpc) is 2.59. The van der Waals surface area contributed by atoms with Crippen LogP contribution in [0, 0.1) is 0 Å². The number of hydrogen-bond acceptors (Lipinski definition) is 2. The van der Waals surface area contributed by atoms with E-state index >= 15 is 0 Å². The molecular formula is C20H23Br2ClN2Se. The van der Waals surface area contributed by atoms with Gasteiger partial charge < -0.3 is 0 Å². The van der Waals surface area contributed by atoms with Gasteiger partial charge in [-0.3, -0.25) is 0 Å². The molecule has 0 saturated carbocycles. The van der Waals surface area contributed by atoms with Gasteiger partial charge in [0.05, 0.1) is 0 Å². The van der Waals surface area contributed by atoms with E-state index in [0.29, 0.717) is 15.0 Å². The summed E-state index contributed by atoms with van der Waals surface area (Å²) in [7, 11) is 2.29. The van der Waals surface area contributed by atoms with Gasteiger partial charge in [0, 0.05) is 0 Å². The van der Waals surface area contributed by atoms with Crippen LogP contribution in [-0.4, -0.2) is 46.0 Å². The zero-order chi connectivity index (χ0) is 17.4. The number of piperidine rings is 1. The van der Waals surface area contributed by atoms with Crippen molar-refractivity contribution in [1.82, 2.24) is 4.90 Å². The Morgan fingerprint density at radius 2 is 1.62 bits per heavy atom. The zero-order valence-electron chi connectivity index (χ0n) is 14.8. The predicted octanol–water partition coefficient (Wildman–Crippen LogP) is 4.61. The van der Waals surface area contributed by atoms with Crippen LogP contribution in [0.15, 0.2) is 45.3 Å². The van der Waals surface area contributed by atoms with E-state index in [2.05, 4.69) is 85.1 Å². The molecule has 0 radical (unpaired) electrons. The number of hydrogen-bond donors (Lipinski definition) is 0. The number of fused-ring (bicyclic) bond motifs is 2. The van der Waals surface area contributed by atoms with E-state index in [1.807, 2.05) is 0 Å². The monoisotopic (exact) mass is 564 g/mol. The Labute approximate surface area is 185 Å². The summed E-state index contributed by atoms with van der Waals surface area (Å²) >= 11 is 7.66. The van der Waals surface area contributed by atoms with E-state index < -0.39 is 0 Å². The summed E-state index contributed by atoms with van der Waals surface area (Å²) in [6.45, 7) is 2.34. The van der Waals surface area contributed by atoms with Gasteiger partial charge in [0.2, 0.25) is 0 Å². The molecule has 2 aromatic carbocycles. The Morgan fingerprint density at radius 1 is 1.00 bits per heavy atom. The maximum atomic E-state index is 3.65. The van der Waals surface area contributed by atoms with Crippen LogP contribution in [0.1, 0.15) is 25.7 Å². The van der Waals surface area contributed by atoms with Gasteiger partial charge in [-0.05, 0) is 0 Å². The van der Waals surface area contributed by atoms with E-state index in [1.54, 1.807) is 0 Å². The SMILES string of the molecule is CN1CCCCC1CCN1c2ccc(Br)cc2[Se]c2cc(Br)ccc21.Cl. The van der Waals surface area contributed by atoms with Crippen molar-refractivity contribution in [2.75, 3.05) is 25.0 Å². The van der Waals surface area contributed by atoms with Gasteiger partial charge in [-0.15, -0.1) is 12.4 Å². The van der Waals surface area contributed by atoms with Crippen molar-refractivity contribution in [2.45, 2.75) is 31.7 Å². The molecule has 2 aromatic rings. The standard InChI is InChI=1S/C20H22Br2N2Se.ClH/c1-23-10-3-2-4-16(23)9-11-24-17-7-5-14(21)12-19(17)25-20-13-15(22)6-8-18(20)24;/h5-8,12-13,16H,2-4,9-11H2,1H3;1H. The molecule has 0 spiro atoms. The first-order valence-corrected chi connectivity index (χ1v) is 12.2. The first-order valence-electron chi connectivity index (χ1n) is 8.86. The third-order valence-corrected chi connectivity index (χ3v) is 8.53. The summed E-state index contributed by atoms with van der Waals surface area (Å²) in [6.07, 6.45) is 5.31. The maximum absolute atomic E-state index is 3.65. The van der Waals surface area contributed by atoms with E-state index in [-0.39, 0.29) is 12.4 Å². The quantitative estimate of drug-likeness (QED) is 0.502. The van der Waals surface area contributed by atoms with Crippen LogP contribution in [0.25, 0.3) is 0 Å². The fourth-order valence-electron chi connectivity index (χ4n) is 3.86. The molecule has 26 heavy (non-hydrogen) atoms. The van der Waals surface area contributed by atoms with Gasteiger partial charge in [0.15, 0.2) is 0 Å². The first-order chi connectivity index (χ1) is 12.1. The molecule has 0 amide bonds. The van der Waals surface area contributed by atoms with Gasteiger partial charge in [-0.25, -0.2) is 0 Å². The number of halogens is 3. The molecule has 0 N–H and O–H groups in total. The van der Waals surface area contributed by atoms with E-state index in [0.717, 1.165) is 12.6 Å². The molecule has 1 fully saturated rings. The molecule has 2 nitrogen and oxygen atoms in total. The number of likely N-dealkylation sites (tertiary alicyclic amines) is 1. The van der Waals surface area contributed by atoms with Crippen LogP contribution >= 0.6 is 44.3 Å². The zero-order valence-corrected chi connectivity index (χ0v) is 20.5. The summed E-state index contributed by atoms with van der Waals surface area (Å²) in [6, 6.07) is 14.3. The molecule has 0 aromatic heterocycles. The first kappa shape index (κ1) is 20.7. The second-order valence-corrected chi connectivity index (χ2v) is 11.0. The molecule has 140 valence electrons. The molecule has 1 saturated heterocycles. The number of rotatable bonds is 3. The third kappa shape index (κ3) is 4.34. The van der Waals surface area contributed by atoms with Crippen LogP contribution in [0.3, 0.4) is 0 Å². The fourth-order valence-corrected chi connectivity index (χ4v) is 7.73. The second kappa shape index (κ2) is 8.98. The fraction of sp³-hybridized carbons (Fsp3) is 0.400. The van der Waals surface area contributed by atoms with Crippen LogP contribution < -0.4 is 13.8 Å². The number of nitrogens with zero attached hydrogens (tertiary/aromatic N) is 2. The minimum absolute atomic E-state index is 0. The molecule has 2 aliphatic heterocycles. The predicted molar refractivity (Wildman–Crippen MR) is 122 cm³/mol. The van der Waals surface area contributed by atoms with Crippen molar-refractivity contribution in [1.29, 1.82) is 0 Å². The Hall–Kier alpha value is -0.0305. The van der Waals surface area contributed by atoms with Gasteiger partial charge in [-0.2, -0.15) is 0 Å². The Bertz CT molecular complexity index is 735. The van der Waals surface area contributed by atoms with Gasteiger partial charge in [-0.1, -0.05) is 0 Å². The van der Waals surface area contributed by atoms with Crippen LogP contribution in [0.2, 0.25) is 0 Å².